The van der Waals surface area contributed by atoms with Gasteiger partial charge in [-0.15, -0.1) is 0 Å². The fraction of sp³-hybridized carbons (Fsp3) is 0.350. The zero-order valence-electron chi connectivity index (χ0n) is 16.0. The number of benzene rings is 2. The van der Waals surface area contributed by atoms with Gasteiger partial charge < -0.3 is 24.4 Å². The molecule has 0 aliphatic heterocycles. The molecule has 0 aliphatic rings. The minimum Gasteiger partial charge on any atom is -0.493 e. The van der Waals surface area contributed by atoms with Crippen molar-refractivity contribution in [2.45, 2.75) is 13.0 Å². The highest BCUT2D eigenvalue weighted by Gasteiger charge is 2.17. The molecule has 0 unspecified atom stereocenters. The van der Waals surface area contributed by atoms with Gasteiger partial charge in [0.1, 0.15) is 0 Å². The number of carbonyl (C=O) groups excluding carboxylic acids is 1. The van der Waals surface area contributed by atoms with Crippen molar-refractivity contribution in [3.05, 3.63) is 47.0 Å². The van der Waals surface area contributed by atoms with Crippen LogP contribution in [0.15, 0.2) is 36.4 Å². The van der Waals surface area contributed by atoms with E-state index < -0.39 is 0 Å². The van der Waals surface area contributed by atoms with Gasteiger partial charge in [-0.25, -0.2) is 0 Å². The first-order valence-electron chi connectivity index (χ1n) is 8.51. The number of hydrogen-bond donors (Lipinski definition) is 1. The summed E-state index contributed by atoms with van der Waals surface area (Å²) in [4.78, 5) is 14.2. The number of amides is 1. The minimum absolute atomic E-state index is 0.0887. The zero-order valence-corrected chi connectivity index (χ0v) is 16.8. The fourth-order valence-electron chi connectivity index (χ4n) is 2.73. The van der Waals surface area contributed by atoms with Crippen LogP contribution in [0.3, 0.4) is 0 Å². The number of nitrogens with one attached hydrogen (secondary N) is 1. The Morgan fingerprint density at radius 1 is 1.04 bits per heavy atom. The molecule has 146 valence electrons. The predicted molar refractivity (Wildman–Crippen MR) is 107 cm³/mol. The predicted octanol–water partition coefficient (Wildman–Crippen LogP) is 3.83. The standard InChI is InChI=1S/C20H25ClN2O4/c1-23(12-11-18(24)22-16-8-6-5-7-15(16)21)13-14-9-10-17(25-2)20(27-4)19(14)26-3/h5-10H,11-13H2,1-4H3,(H,22,24). The molecule has 0 radical (unpaired) electrons. The Morgan fingerprint density at radius 2 is 1.74 bits per heavy atom. The van der Waals surface area contributed by atoms with Gasteiger partial charge in [-0.1, -0.05) is 29.8 Å². The highest BCUT2D eigenvalue weighted by atomic mass is 35.5. The van der Waals surface area contributed by atoms with Gasteiger partial charge in [0.15, 0.2) is 11.5 Å². The number of nitrogens with zero attached hydrogens (tertiary/aromatic N) is 1. The lowest BCUT2D eigenvalue weighted by atomic mass is 10.1. The third-order valence-corrected chi connectivity index (χ3v) is 4.42. The zero-order chi connectivity index (χ0) is 19.8. The summed E-state index contributed by atoms with van der Waals surface area (Å²) in [5.41, 5.74) is 1.57. The average Bonchev–Trinajstić information content (AvgIpc) is 2.67. The van der Waals surface area contributed by atoms with Gasteiger partial charge in [-0.3, -0.25) is 4.79 Å². The topological polar surface area (TPSA) is 60.0 Å². The summed E-state index contributed by atoms with van der Waals surface area (Å²) in [5, 5.41) is 3.35. The van der Waals surface area contributed by atoms with Crippen LogP contribution in [0.5, 0.6) is 17.2 Å². The van der Waals surface area contributed by atoms with E-state index in [4.69, 9.17) is 25.8 Å². The van der Waals surface area contributed by atoms with Crippen LogP contribution in [0.1, 0.15) is 12.0 Å². The van der Waals surface area contributed by atoms with Crippen LogP contribution in [-0.2, 0) is 11.3 Å². The molecule has 0 fully saturated rings. The van der Waals surface area contributed by atoms with Crippen LogP contribution in [-0.4, -0.2) is 45.7 Å². The summed E-state index contributed by atoms with van der Waals surface area (Å²) in [6, 6.07) is 10.9. The SMILES string of the molecule is COc1ccc(CN(C)CCC(=O)Nc2ccccc2Cl)c(OC)c1OC. The molecule has 0 saturated carbocycles. The smallest absolute Gasteiger partial charge is 0.225 e. The summed E-state index contributed by atoms with van der Waals surface area (Å²) >= 11 is 6.06. The van der Waals surface area contributed by atoms with Gasteiger partial charge in [-0.05, 0) is 25.2 Å². The maximum atomic E-state index is 12.2. The van der Waals surface area contributed by atoms with E-state index in [9.17, 15) is 4.79 Å². The number of anilines is 1. The Balaban J connectivity index is 1.96. The van der Waals surface area contributed by atoms with Crippen molar-refractivity contribution < 1.29 is 19.0 Å². The van der Waals surface area contributed by atoms with Crippen LogP contribution in [0, 0.1) is 0 Å². The molecular weight excluding hydrogens is 368 g/mol. The molecule has 1 amide bonds. The second kappa shape index (κ2) is 10.0. The Labute approximate surface area is 165 Å². The van der Waals surface area contributed by atoms with Crippen LogP contribution in [0.4, 0.5) is 5.69 Å². The van der Waals surface area contributed by atoms with Gasteiger partial charge in [0.05, 0.1) is 32.0 Å². The van der Waals surface area contributed by atoms with Crippen LogP contribution >= 0.6 is 11.6 Å². The molecule has 2 aromatic rings. The summed E-state index contributed by atoms with van der Waals surface area (Å²) in [6.07, 6.45) is 0.345. The van der Waals surface area contributed by atoms with Crippen LogP contribution in [0.2, 0.25) is 5.02 Å². The fourth-order valence-corrected chi connectivity index (χ4v) is 2.91. The average molecular weight is 393 g/mol. The van der Waals surface area contributed by atoms with Crippen LogP contribution < -0.4 is 19.5 Å². The van der Waals surface area contributed by atoms with Crippen molar-refractivity contribution in [1.29, 1.82) is 0 Å². The molecular formula is C20H25ClN2O4. The third-order valence-electron chi connectivity index (χ3n) is 4.09. The van der Waals surface area contributed by atoms with Gasteiger partial charge >= 0.3 is 0 Å². The maximum Gasteiger partial charge on any atom is 0.225 e. The van der Waals surface area contributed by atoms with Crippen molar-refractivity contribution in [2.75, 3.05) is 40.2 Å². The molecule has 0 spiro atoms. The Kier molecular flexibility index (Phi) is 7.76. The van der Waals surface area contributed by atoms with Crippen molar-refractivity contribution in [2.24, 2.45) is 0 Å². The second-order valence-corrected chi connectivity index (χ2v) is 6.42. The molecule has 0 aliphatic carbocycles. The largest absolute Gasteiger partial charge is 0.493 e. The van der Waals surface area contributed by atoms with E-state index in [2.05, 4.69) is 5.32 Å². The Hall–Kier alpha value is -2.44. The molecule has 0 aromatic heterocycles. The normalized spacial score (nSPS) is 10.6. The molecule has 1 N–H and O–H groups in total. The van der Waals surface area contributed by atoms with Crippen molar-refractivity contribution >= 4 is 23.2 Å². The maximum absolute atomic E-state index is 12.2. The Morgan fingerprint density at radius 3 is 2.37 bits per heavy atom. The van der Waals surface area contributed by atoms with E-state index in [0.29, 0.717) is 47.5 Å². The quantitative estimate of drug-likeness (QED) is 0.702. The Bertz CT molecular complexity index is 783. The summed E-state index contributed by atoms with van der Waals surface area (Å²) in [6.45, 7) is 1.18. The molecule has 2 rings (SSSR count). The van der Waals surface area contributed by atoms with Crippen LogP contribution in [0.25, 0.3) is 0 Å². The first-order valence-corrected chi connectivity index (χ1v) is 8.88. The molecule has 2 aromatic carbocycles. The number of carbonyl (C=O) groups is 1. The molecule has 0 atom stereocenters. The monoisotopic (exact) mass is 392 g/mol. The molecule has 6 nitrogen and oxygen atoms in total. The number of hydrogen-bond acceptors (Lipinski definition) is 5. The highest BCUT2D eigenvalue weighted by Crippen LogP contribution is 2.40. The third kappa shape index (κ3) is 5.52. The minimum atomic E-state index is -0.0887. The van der Waals surface area contributed by atoms with Crippen molar-refractivity contribution in [1.82, 2.24) is 4.90 Å². The number of para-hydroxylation sites is 1. The van der Waals surface area contributed by atoms with Gasteiger partial charge in [0.25, 0.3) is 0 Å². The van der Waals surface area contributed by atoms with Gasteiger partial charge in [0.2, 0.25) is 11.7 Å². The van der Waals surface area contributed by atoms with Crippen molar-refractivity contribution in [3.63, 3.8) is 0 Å². The number of halogens is 1. The molecule has 0 bridgehead atoms. The van der Waals surface area contributed by atoms with E-state index in [1.807, 2.05) is 36.2 Å². The summed E-state index contributed by atoms with van der Waals surface area (Å²) in [7, 11) is 6.70. The van der Waals surface area contributed by atoms with Gasteiger partial charge in [0, 0.05) is 25.1 Å². The number of methoxy groups -OCH3 is 3. The lowest BCUT2D eigenvalue weighted by Crippen LogP contribution is -2.24. The van der Waals surface area contributed by atoms with E-state index in [1.165, 1.54) is 0 Å². The number of ether oxygens (including phenoxy) is 3. The second-order valence-electron chi connectivity index (χ2n) is 6.01. The lowest BCUT2D eigenvalue weighted by Gasteiger charge is -2.20. The van der Waals surface area contributed by atoms with Gasteiger partial charge in [-0.2, -0.15) is 0 Å². The molecule has 0 saturated heterocycles. The summed E-state index contributed by atoms with van der Waals surface area (Å²) in [5.74, 6) is 1.71. The molecule has 0 heterocycles. The molecule has 27 heavy (non-hydrogen) atoms. The first kappa shape index (κ1) is 20.9. The first-order chi connectivity index (χ1) is 13.0. The van der Waals surface area contributed by atoms with E-state index in [-0.39, 0.29) is 5.91 Å². The summed E-state index contributed by atoms with van der Waals surface area (Å²) < 4.78 is 16.2. The van der Waals surface area contributed by atoms with Crippen molar-refractivity contribution in [3.8, 4) is 17.2 Å². The van der Waals surface area contributed by atoms with E-state index >= 15 is 0 Å². The highest BCUT2D eigenvalue weighted by molar-refractivity contribution is 6.33. The number of rotatable bonds is 9. The molecule has 7 heteroatoms. The van der Waals surface area contributed by atoms with E-state index in [1.54, 1.807) is 33.5 Å². The van der Waals surface area contributed by atoms with E-state index in [0.717, 1.165) is 5.56 Å². The lowest BCUT2D eigenvalue weighted by molar-refractivity contribution is -0.116.